The number of nitrogens with two attached hydrogens (primary N) is 1. The molecule has 0 aliphatic heterocycles. The van der Waals surface area contributed by atoms with Crippen LogP contribution in [-0.2, 0) is 20.0 Å². The Morgan fingerprint density at radius 1 is 1.04 bits per heavy atom. The van der Waals surface area contributed by atoms with Gasteiger partial charge in [-0.1, -0.05) is 18.2 Å². The highest BCUT2D eigenvalue weighted by Gasteiger charge is 2.18. The normalized spacial score (nSPS) is 12.0. The largest absolute Gasteiger partial charge is 0.295 e. The molecule has 0 spiro atoms. The molecule has 3 N–H and O–H groups in total. The molecule has 2 rings (SSSR count). The first-order valence-corrected chi connectivity index (χ1v) is 9.81. The van der Waals surface area contributed by atoms with Crippen molar-refractivity contribution in [1.29, 1.82) is 0 Å². The number of carbonyl (C=O) groups is 1. The molecule has 0 atom stereocenters. The highest BCUT2D eigenvalue weighted by atomic mass is 32.2. The molecule has 0 fully saturated rings. The summed E-state index contributed by atoms with van der Waals surface area (Å²) in [7, 11) is -7.96. The van der Waals surface area contributed by atoms with Crippen LogP contribution in [0.2, 0.25) is 0 Å². The zero-order valence-corrected chi connectivity index (χ0v) is 14.6. The van der Waals surface area contributed by atoms with E-state index < -0.39 is 20.0 Å². The fraction of sp³-hybridized carbons (Fsp3) is 0.133. The number of nitrogens with one attached hydrogen (secondary N) is 1. The molecular formula is C15H16N2O5S2. The van der Waals surface area contributed by atoms with E-state index in [1.807, 2.05) is 0 Å². The van der Waals surface area contributed by atoms with Crippen LogP contribution in [0.4, 0.5) is 5.69 Å². The second-order valence-electron chi connectivity index (χ2n) is 5.21. The van der Waals surface area contributed by atoms with E-state index in [1.165, 1.54) is 43.3 Å². The Morgan fingerprint density at radius 2 is 1.71 bits per heavy atom. The summed E-state index contributed by atoms with van der Waals surface area (Å²) in [6, 6.07) is 9.57. The number of primary sulfonamides is 1. The molecule has 7 nitrogen and oxygen atoms in total. The van der Waals surface area contributed by atoms with Crippen LogP contribution in [0.5, 0.6) is 0 Å². The lowest BCUT2D eigenvalue weighted by molar-refractivity contribution is 0.101. The molecule has 24 heavy (non-hydrogen) atoms. The maximum atomic E-state index is 12.4. The van der Waals surface area contributed by atoms with Crippen molar-refractivity contribution in [2.45, 2.75) is 23.6 Å². The van der Waals surface area contributed by atoms with Crippen molar-refractivity contribution in [2.24, 2.45) is 5.14 Å². The van der Waals surface area contributed by atoms with Gasteiger partial charge in [-0.05, 0) is 43.7 Å². The van der Waals surface area contributed by atoms with Gasteiger partial charge in [0.1, 0.15) is 0 Å². The van der Waals surface area contributed by atoms with E-state index in [1.54, 1.807) is 6.92 Å². The molecule has 0 amide bonds. The number of hydrogen-bond acceptors (Lipinski definition) is 5. The number of anilines is 1. The van der Waals surface area contributed by atoms with Gasteiger partial charge in [-0.25, -0.2) is 22.0 Å². The van der Waals surface area contributed by atoms with Gasteiger partial charge in [0.2, 0.25) is 10.0 Å². The topological polar surface area (TPSA) is 123 Å². The van der Waals surface area contributed by atoms with Crippen LogP contribution in [0.25, 0.3) is 0 Å². The third-order valence-corrected chi connectivity index (χ3v) is 5.73. The van der Waals surface area contributed by atoms with Crippen LogP contribution < -0.4 is 9.86 Å². The monoisotopic (exact) mass is 368 g/mol. The van der Waals surface area contributed by atoms with Crippen molar-refractivity contribution in [2.75, 3.05) is 4.72 Å². The van der Waals surface area contributed by atoms with Crippen LogP contribution in [0, 0.1) is 6.92 Å². The first-order valence-electron chi connectivity index (χ1n) is 6.78. The third kappa shape index (κ3) is 3.99. The predicted octanol–water partition coefficient (Wildman–Crippen LogP) is 1.65. The Balaban J connectivity index is 2.44. The van der Waals surface area contributed by atoms with Crippen LogP contribution >= 0.6 is 0 Å². The van der Waals surface area contributed by atoms with Crippen LogP contribution in [-0.4, -0.2) is 22.6 Å². The zero-order chi connectivity index (χ0) is 18.1. The molecule has 2 aromatic rings. The maximum Gasteiger partial charge on any atom is 0.261 e. The molecule has 0 aliphatic rings. The summed E-state index contributed by atoms with van der Waals surface area (Å²) in [6.45, 7) is 2.88. The molecule has 0 heterocycles. The molecule has 0 unspecified atom stereocenters. The Kier molecular flexibility index (Phi) is 4.79. The number of sulfonamides is 2. The Morgan fingerprint density at radius 3 is 2.29 bits per heavy atom. The number of Topliss-reactive ketones (excluding diaryl/α,β-unsaturated/α-hetero) is 1. The van der Waals surface area contributed by atoms with Crippen LogP contribution in [0.15, 0.2) is 52.3 Å². The van der Waals surface area contributed by atoms with E-state index in [9.17, 15) is 21.6 Å². The van der Waals surface area contributed by atoms with Crippen LogP contribution in [0.1, 0.15) is 22.8 Å². The van der Waals surface area contributed by atoms with Gasteiger partial charge >= 0.3 is 0 Å². The lowest BCUT2D eigenvalue weighted by Crippen LogP contribution is -2.16. The minimum Gasteiger partial charge on any atom is -0.295 e. The average Bonchev–Trinajstić information content (AvgIpc) is 2.48. The van der Waals surface area contributed by atoms with Gasteiger partial charge in [-0.3, -0.25) is 9.52 Å². The SMILES string of the molecule is CC(=O)c1cccc(S(=O)(=O)Nc2ccc(C)c(S(N)(=O)=O)c2)c1. The summed E-state index contributed by atoms with van der Waals surface area (Å²) >= 11 is 0. The highest BCUT2D eigenvalue weighted by Crippen LogP contribution is 2.22. The van der Waals surface area contributed by atoms with Gasteiger partial charge in [0.15, 0.2) is 5.78 Å². The first kappa shape index (κ1) is 18.1. The smallest absolute Gasteiger partial charge is 0.261 e. The standard InChI is InChI=1S/C15H16N2O5S2/c1-10-6-7-13(9-15(10)23(16,19)20)17-24(21,22)14-5-3-4-12(8-14)11(2)18/h3-9,17H,1-2H3,(H2,16,19,20). The fourth-order valence-corrected chi connectivity index (χ4v) is 3.97. The number of ketones is 1. The van der Waals surface area contributed by atoms with Crippen molar-refractivity contribution in [3.63, 3.8) is 0 Å². The van der Waals surface area contributed by atoms with Crippen molar-refractivity contribution in [3.05, 3.63) is 53.6 Å². The molecule has 0 bridgehead atoms. The maximum absolute atomic E-state index is 12.4. The number of aryl methyl sites for hydroxylation is 1. The summed E-state index contributed by atoms with van der Waals surface area (Å²) in [5, 5.41) is 5.11. The molecule has 0 aromatic heterocycles. The van der Waals surface area contributed by atoms with E-state index in [0.717, 1.165) is 6.07 Å². The first-order chi connectivity index (χ1) is 11.0. The highest BCUT2D eigenvalue weighted by molar-refractivity contribution is 7.92. The van der Waals surface area contributed by atoms with Gasteiger partial charge in [0, 0.05) is 5.56 Å². The van der Waals surface area contributed by atoms with E-state index in [-0.39, 0.29) is 26.8 Å². The molecule has 0 radical (unpaired) electrons. The second-order valence-corrected chi connectivity index (χ2v) is 8.43. The molecule has 0 saturated carbocycles. The van der Waals surface area contributed by atoms with E-state index >= 15 is 0 Å². The Hall–Kier alpha value is -2.23. The Labute approximate surface area is 140 Å². The summed E-state index contributed by atoms with van der Waals surface area (Å²) < 4.78 is 50.2. The minimum absolute atomic E-state index is 0.0536. The van der Waals surface area contributed by atoms with E-state index in [0.29, 0.717) is 5.56 Å². The summed E-state index contributed by atoms with van der Waals surface area (Å²) in [6.07, 6.45) is 0. The third-order valence-electron chi connectivity index (χ3n) is 3.30. The lowest BCUT2D eigenvalue weighted by atomic mass is 10.2. The molecule has 2 aromatic carbocycles. The summed E-state index contributed by atoms with van der Waals surface area (Å²) in [4.78, 5) is 11.1. The second kappa shape index (κ2) is 6.34. The van der Waals surface area contributed by atoms with Gasteiger partial charge in [-0.2, -0.15) is 0 Å². The molecule has 0 saturated heterocycles. The van der Waals surface area contributed by atoms with Gasteiger partial charge in [0.25, 0.3) is 10.0 Å². The molecule has 9 heteroatoms. The summed E-state index contributed by atoms with van der Waals surface area (Å²) in [5.74, 6) is -0.265. The van der Waals surface area contributed by atoms with Crippen molar-refractivity contribution in [3.8, 4) is 0 Å². The van der Waals surface area contributed by atoms with E-state index in [4.69, 9.17) is 5.14 Å². The van der Waals surface area contributed by atoms with E-state index in [2.05, 4.69) is 4.72 Å². The number of hydrogen-bond donors (Lipinski definition) is 2. The number of benzene rings is 2. The predicted molar refractivity (Wildman–Crippen MR) is 89.8 cm³/mol. The lowest BCUT2D eigenvalue weighted by Gasteiger charge is -2.11. The van der Waals surface area contributed by atoms with Crippen molar-refractivity contribution in [1.82, 2.24) is 0 Å². The quantitative estimate of drug-likeness (QED) is 0.777. The van der Waals surface area contributed by atoms with Gasteiger partial charge in [0.05, 0.1) is 15.5 Å². The Bertz CT molecular complexity index is 1010. The minimum atomic E-state index is -3.98. The molecule has 128 valence electrons. The fourth-order valence-electron chi connectivity index (χ4n) is 2.07. The summed E-state index contributed by atoms with van der Waals surface area (Å²) in [5.41, 5.74) is 0.712. The zero-order valence-electron chi connectivity index (χ0n) is 13.0. The van der Waals surface area contributed by atoms with Gasteiger partial charge < -0.3 is 0 Å². The van der Waals surface area contributed by atoms with Crippen molar-refractivity contribution >= 4 is 31.5 Å². The molecule has 0 aliphatic carbocycles. The number of carbonyl (C=O) groups excluding carboxylic acids is 1. The average molecular weight is 368 g/mol. The van der Waals surface area contributed by atoms with Crippen molar-refractivity contribution < 1.29 is 21.6 Å². The van der Waals surface area contributed by atoms with Gasteiger partial charge in [-0.15, -0.1) is 0 Å². The number of rotatable bonds is 5. The molecular weight excluding hydrogens is 352 g/mol. The van der Waals surface area contributed by atoms with Crippen LogP contribution in [0.3, 0.4) is 0 Å².